The maximum atomic E-state index is 12.0. The van der Waals surface area contributed by atoms with Crippen LogP contribution in [0.3, 0.4) is 0 Å². The number of aliphatic carboxylic acids is 1. The van der Waals surface area contributed by atoms with E-state index in [0.29, 0.717) is 18.8 Å². The molecule has 0 bridgehead atoms. The second kappa shape index (κ2) is 5.49. The first-order valence-corrected chi connectivity index (χ1v) is 6.23. The van der Waals surface area contributed by atoms with Gasteiger partial charge in [-0.2, -0.15) is 0 Å². The van der Waals surface area contributed by atoms with Gasteiger partial charge in [-0.3, -0.25) is 4.79 Å². The van der Waals surface area contributed by atoms with E-state index in [4.69, 9.17) is 0 Å². The van der Waals surface area contributed by atoms with Gasteiger partial charge in [-0.05, 0) is 31.8 Å². The number of carbonyl (C=O) groups is 2. The van der Waals surface area contributed by atoms with Crippen LogP contribution >= 0.6 is 0 Å². The lowest BCUT2D eigenvalue weighted by Crippen LogP contribution is -2.57. The van der Waals surface area contributed by atoms with Crippen LogP contribution in [0.25, 0.3) is 0 Å². The van der Waals surface area contributed by atoms with E-state index in [9.17, 15) is 14.7 Å². The van der Waals surface area contributed by atoms with E-state index in [1.54, 1.807) is 13.8 Å². The summed E-state index contributed by atoms with van der Waals surface area (Å²) in [5, 5.41) is 15.1. The van der Waals surface area contributed by atoms with Crippen LogP contribution in [-0.2, 0) is 9.59 Å². The second-order valence-electron chi connectivity index (χ2n) is 4.79. The van der Waals surface area contributed by atoms with Crippen LogP contribution in [0.4, 0.5) is 0 Å². The average molecular weight is 242 g/mol. The van der Waals surface area contributed by atoms with Crippen molar-refractivity contribution in [3.63, 3.8) is 0 Å². The minimum Gasteiger partial charge on any atom is -0.480 e. The molecule has 1 unspecified atom stereocenters. The molecule has 0 saturated carbocycles. The van der Waals surface area contributed by atoms with E-state index < -0.39 is 11.5 Å². The molecule has 1 heterocycles. The van der Waals surface area contributed by atoms with Crippen LogP contribution in [0.1, 0.15) is 33.6 Å². The quantitative estimate of drug-likeness (QED) is 0.637. The van der Waals surface area contributed by atoms with Crippen molar-refractivity contribution >= 4 is 11.9 Å². The Hall–Kier alpha value is -1.10. The van der Waals surface area contributed by atoms with Gasteiger partial charge in [-0.1, -0.05) is 20.8 Å². The van der Waals surface area contributed by atoms with Crippen molar-refractivity contribution in [3.05, 3.63) is 0 Å². The van der Waals surface area contributed by atoms with Gasteiger partial charge in [0.2, 0.25) is 5.91 Å². The van der Waals surface area contributed by atoms with E-state index >= 15 is 0 Å². The number of nitrogens with one attached hydrogen (secondary N) is 2. The predicted octanol–water partition coefficient (Wildman–Crippen LogP) is 0.601. The van der Waals surface area contributed by atoms with Crippen LogP contribution < -0.4 is 10.6 Å². The van der Waals surface area contributed by atoms with E-state index in [0.717, 1.165) is 13.1 Å². The topological polar surface area (TPSA) is 78.4 Å². The minimum absolute atomic E-state index is 0.131. The van der Waals surface area contributed by atoms with Gasteiger partial charge in [0.05, 0.1) is 0 Å². The highest BCUT2D eigenvalue weighted by Crippen LogP contribution is 2.20. The molecule has 1 rings (SSSR count). The summed E-state index contributed by atoms with van der Waals surface area (Å²) < 4.78 is 0. The maximum Gasteiger partial charge on any atom is 0.329 e. The monoisotopic (exact) mass is 242 g/mol. The summed E-state index contributed by atoms with van der Waals surface area (Å²) >= 11 is 0. The molecule has 1 saturated heterocycles. The van der Waals surface area contributed by atoms with Gasteiger partial charge in [-0.15, -0.1) is 0 Å². The van der Waals surface area contributed by atoms with E-state index in [1.807, 2.05) is 6.92 Å². The highest BCUT2D eigenvalue weighted by Gasteiger charge is 2.39. The third-order valence-electron chi connectivity index (χ3n) is 3.91. The molecule has 3 N–H and O–H groups in total. The largest absolute Gasteiger partial charge is 0.480 e. The first kappa shape index (κ1) is 14.0. The van der Waals surface area contributed by atoms with Gasteiger partial charge in [0.15, 0.2) is 0 Å². The zero-order chi connectivity index (χ0) is 13.1. The van der Waals surface area contributed by atoms with Crippen LogP contribution in [0, 0.1) is 11.8 Å². The number of hydrogen-bond donors (Lipinski definition) is 3. The Morgan fingerprint density at radius 3 is 2.24 bits per heavy atom. The molecule has 0 radical (unpaired) electrons. The molecule has 5 nitrogen and oxygen atoms in total. The van der Waals surface area contributed by atoms with Crippen molar-refractivity contribution in [2.45, 2.75) is 39.2 Å². The van der Waals surface area contributed by atoms with Crippen molar-refractivity contribution in [3.8, 4) is 0 Å². The smallest absolute Gasteiger partial charge is 0.329 e. The molecule has 5 heteroatoms. The van der Waals surface area contributed by atoms with Crippen LogP contribution in [-0.4, -0.2) is 35.6 Å². The molecule has 0 aromatic carbocycles. The molecule has 1 aliphatic rings. The lowest BCUT2D eigenvalue weighted by Gasteiger charge is -2.35. The number of amides is 1. The summed E-state index contributed by atoms with van der Waals surface area (Å²) in [5.74, 6) is -0.902. The molecular formula is C12H22N2O3. The SMILES string of the molecule is CCC(CC)(NC(=O)C(C)C1CNC1)C(=O)O. The normalized spacial score (nSPS) is 18.3. The summed E-state index contributed by atoms with van der Waals surface area (Å²) in [6.45, 7) is 7.11. The van der Waals surface area contributed by atoms with Crippen molar-refractivity contribution in [1.82, 2.24) is 10.6 Å². The molecule has 17 heavy (non-hydrogen) atoms. The fraction of sp³-hybridized carbons (Fsp3) is 0.833. The van der Waals surface area contributed by atoms with Gasteiger partial charge in [0.1, 0.15) is 5.54 Å². The third kappa shape index (κ3) is 2.77. The highest BCUT2D eigenvalue weighted by atomic mass is 16.4. The van der Waals surface area contributed by atoms with E-state index in [-0.39, 0.29) is 11.8 Å². The van der Waals surface area contributed by atoms with Crippen molar-refractivity contribution in [2.24, 2.45) is 11.8 Å². The molecule has 1 aliphatic heterocycles. The summed E-state index contributed by atoms with van der Waals surface area (Å²) in [5.41, 5.74) is -1.11. The zero-order valence-electron chi connectivity index (χ0n) is 10.7. The molecule has 1 amide bonds. The van der Waals surface area contributed by atoms with Crippen LogP contribution in [0.2, 0.25) is 0 Å². The Morgan fingerprint density at radius 1 is 1.41 bits per heavy atom. The average Bonchev–Trinajstić information content (AvgIpc) is 2.22. The van der Waals surface area contributed by atoms with E-state index in [1.165, 1.54) is 0 Å². The first-order chi connectivity index (χ1) is 7.96. The highest BCUT2D eigenvalue weighted by molar-refractivity contribution is 5.88. The zero-order valence-corrected chi connectivity index (χ0v) is 10.7. The lowest BCUT2D eigenvalue weighted by atomic mass is 9.86. The maximum absolute atomic E-state index is 12.0. The Balaban J connectivity index is 2.66. The Kier molecular flexibility index (Phi) is 4.51. The van der Waals surface area contributed by atoms with Gasteiger partial charge in [0.25, 0.3) is 0 Å². The number of carbonyl (C=O) groups excluding carboxylic acids is 1. The first-order valence-electron chi connectivity index (χ1n) is 6.23. The van der Waals surface area contributed by atoms with Crippen molar-refractivity contribution < 1.29 is 14.7 Å². The van der Waals surface area contributed by atoms with Gasteiger partial charge >= 0.3 is 5.97 Å². The molecule has 0 aromatic heterocycles. The fourth-order valence-electron chi connectivity index (χ4n) is 2.01. The number of carboxylic acid groups (broad SMARTS) is 1. The predicted molar refractivity (Wildman–Crippen MR) is 64.6 cm³/mol. The van der Waals surface area contributed by atoms with Crippen molar-refractivity contribution in [2.75, 3.05) is 13.1 Å². The molecule has 0 aliphatic carbocycles. The van der Waals surface area contributed by atoms with Gasteiger partial charge in [-0.25, -0.2) is 4.79 Å². The summed E-state index contributed by atoms with van der Waals surface area (Å²) in [7, 11) is 0. The number of hydrogen-bond acceptors (Lipinski definition) is 3. The van der Waals surface area contributed by atoms with Crippen LogP contribution in [0.15, 0.2) is 0 Å². The Morgan fingerprint density at radius 2 is 1.94 bits per heavy atom. The number of rotatable bonds is 6. The molecular weight excluding hydrogens is 220 g/mol. The minimum atomic E-state index is -1.11. The molecule has 0 spiro atoms. The standard InChI is InChI=1S/C12H22N2O3/c1-4-12(5-2,11(16)17)14-10(15)8(3)9-6-13-7-9/h8-9,13H,4-7H2,1-3H3,(H,14,15)(H,16,17). The Bertz CT molecular complexity index is 296. The molecule has 98 valence electrons. The lowest BCUT2D eigenvalue weighted by molar-refractivity contribution is -0.149. The second-order valence-corrected chi connectivity index (χ2v) is 4.79. The summed E-state index contributed by atoms with van der Waals surface area (Å²) in [4.78, 5) is 23.3. The van der Waals surface area contributed by atoms with Crippen LogP contribution in [0.5, 0.6) is 0 Å². The molecule has 1 fully saturated rings. The van der Waals surface area contributed by atoms with Gasteiger partial charge in [0, 0.05) is 5.92 Å². The third-order valence-corrected chi connectivity index (χ3v) is 3.91. The molecule has 0 aromatic rings. The van der Waals surface area contributed by atoms with E-state index in [2.05, 4.69) is 10.6 Å². The molecule has 1 atom stereocenters. The number of carboxylic acids is 1. The summed E-state index contributed by atoms with van der Waals surface area (Å²) in [6, 6.07) is 0. The Labute approximate surface area is 102 Å². The fourth-order valence-corrected chi connectivity index (χ4v) is 2.01. The van der Waals surface area contributed by atoms with Crippen molar-refractivity contribution in [1.29, 1.82) is 0 Å². The van der Waals surface area contributed by atoms with Gasteiger partial charge < -0.3 is 15.7 Å². The summed E-state index contributed by atoms with van der Waals surface area (Å²) in [6.07, 6.45) is 0.806.